The summed E-state index contributed by atoms with van der Waals surface area (Å²) in [6.07, 6.45) is 11.6. The minimum atomic E-state index is 0.775. The Bertz CT molecular complexity index is 635. The highest BCUT2D eigenvalue weighted by Crippen LogP contribution is 2.13. The van der Waals surface area contributed by atoms with Crippen molar-refractivity contribution in [2.24, 2.45) is 5.73 Å². The molecular formula is C23H31N. The molecule has 2 rings (SSSR count). The molecule has 128 valence electrons. The summed E-state index contributed by atoms with van der Waals surface area (Å²) in [5.41, 5.74) is 12.5. The van der Waals surface area contributed by atoms with Gasteiger partial charge >= 0.3 is 0 Å². The molecule has 1 heteroatoms. The Morgan fingerprint density at radius 3 is 2.17 bits per heavy atom. The molecule has 0 amide bonds. The summed E-state index contributed by atoms with van der Waals surface area (Å²) < 4.78 is 0. The average molecular weight is 322 g/mol. The van der Waals surface area contributed by atoms with Crippen molar-refractivity contribution in [2.75, 3.05) is 6.54 Å². The van der Waals surface area contributed by atoms with Gasteiger partial charge in [-0.3, -0.25) is 0 Å². The first-order chi connectivity index (χ1) is 11.7. The van der Waals surface area contributed by atoms with Crippen LogP contribution in [0.3, 0.4) is 0 Å². The standard InChI is InChI=1S/C23H31N/c1-19-15-20(2)17-23(16-19)10-6-4-3-5-9-21-11-7-12-22(18-21)13-8-14-24/h6-7,10-12,15-18H,3-5,8-9,13-14,24H2,1-2H3/b10-6+. The molecule has 0 radical (unpaired) electrons. The molecule has 0 aliphatic heterocycles. The summed E-state index contributed by atoms with van der Waals surface area (Å²) >= 11 is 0. The molecule has 0 saturated heterocycles. The van der Waals surface area contributed by atoms with Gasteiger partial charge in [-0.15, -0.1) is 0 Å². The van der Waals surface area contributed by atoms with Crippen LogP contribution in [0.15, 0.2) is 48.5 Å². The Morgan fingerprint density at radius 2 is 1.50 bits per heavy atom. The van der Waals surface area contributed by atoms with Crippen LogP contribution >= 0.6 is 0 Å². The van der Waals surface area contributed by atoms with E-state index in [1.54, 1.807) is 0 Å². The number of unbranched alkanes of at least 4 members (excludes halogenated alkanes) is 2. The molecule has 1 nitrogen and oxygen atoms in total. The Hall–Kier alpha value is -1.86. The lowest BCUT2D eigenvalue weighted by Gasteiger charge is -2.05. The molecule has 0 saturated carbocycles. The van der Waals surface area contributed by atoms with Crippen molar-refractivity contribution in [2.45, 2.75) is 52.4 Å². The minimum absolute atomic E-state index is 0.775. The molecule has 0 aromatic heterocycles. The van der Waals surface area contributed by atoms with E-state index in [4.69, 9.17) is 5.73 Å². The molecule has 2 N–H and O–H groups in total. The van der Waals surface area contributed by atoms with Crippen LogP contribution < -0.4 is 5.73 Å². The SMILES string of the molecule is Cc1cc(C)cc(/C=C/CCCCc2cccc(CCCN)c2)c1. The quantitative estimate of drug-likeness (QED) is 0.596. The summed E-state index contributed by atoms with van der Waals surface area (Å²) in [5, 5.41) is 0. The van der Waals surface area contributed by atoms with E-state index in [1.807, 2.05) is 0 Å². The van der Waals surface area contributed by atoms with Crippen molar-refractivity contribution in [1.29, 1.82) is 0 Å². The van der Waals surface area contributed by atoms with E-state index >= 15 is 0 Å². The van der Waals surface area contributed by atoms with Gasteiger partial charge in [0.25, 0.3) is 0 Å². The molecule has 0 atom stereocenters. The van der Waals surface area contributed by atoms with Crippen molar-refractivity contribution in [1.82, 2.24) is 0 Å². The first-order valence-electron chi connectivity index (χ1n) is 9.20. The summed E-state index contributed by atoms with van der Waals surface area (Å²) in [7, 11) is 0. The normalized spacial score (nSPS) is 11.3. The van der Waals surface area contributed by atoms with Crippen molar-refractivity contribution >= 4 is 6.08 Å². The first kappa shape index (κ1) is 18.5. The van der Waals surface area contributed by atoms with Gasteiger partial charge < -0.3 is 5.73 Å². The Balaban J connectivity index is 1.72. The fraction of sp³-hybridized carbons (Fsp3) is 0.391. The van der Waals surface area contributed by atoms with E-state index in [-0.39, 0.29) is 0 Å². The van der Waals surface area contributed by atoms with Gasteiger partial charge in [-0.1, -0.05) is 65.7 Å². The van der Waals surface area contributed by atoms with Crippen LogP contribution in [0.5, 0.6) is 0 Å². The molecular weight excluding hydrogens is 290 g/mol. The monoisotopic (exact) mass is 321 g/mol. The van der Waals surface area contributed by atoms with Gasteiger partial charge in [0.15, 0.2) is 0 Å². The van der Waals surface area contributed by atoms with Crippen LogP contribution in [-0.4, -0.2) is 6.54 Å². The highest BCUT2D eigenvalue weighted by molar-refractivity contribution is 5.51. The average Bonchev–Trinajstić information content (AvgIpc) is 2.55. The van der Waals surface area contributed by atoms with Crippen LogP contribution in [0.25, 0.3) is 6.08 Å². The van der Waals surface area contributed by atoms with E-state index in [2.05, 4.69) is 68.5 Å². The smallest absolute Gasteiger partial charge is 0.00741 e. The van der Waals surface area contributed by atoms with Crippen molar-refractivity contribution in [3.8, 4) is 0 Å². The molecule has 2 aromatic carbocycles. The van der Waals surface area contributed by atoms with Gasteiger partial charge in [-0.05, 0) is 75.6 Å². The molecule has 0 aliphatic rings. The first-order valence-corrected chi connectivity index (χ1v) is 9.20. The molecule has 0 unspecified atom stereocenters. The number of hydrogen-bond donors (Lipinski definition) is 1. The molecule has 0 aliphatic carbocycles. The third-order valence-electron chi connectivity index (χ3n) is 4.30. The molecule has 0 spiro atoms. The van der Waals surface area contributed by atoms with Crippen LogP contribution in [0.4, 0.5) is 0 Å². The predicted molar refractivity (Wildman–Crippen MR) is 106 cm³/mol. The topological polar surface area (TPSA) is 26.0 Å². The number of aryl methyl sites for hydroxylation is 4. The molecule has 2 aromatic rings. The Morgan fingerprint density at radius 1 is 0.833 bits per heavy atom. The van der Waals surface area contributed by atoms with Crippen LogP contribution in [0.2, 0.25) is 0 Å². The fourth-order valence-electron chi connectivity index (χ4n) is 3.16. The summed E-state index contributed by atoms with van der Waals surface area (Å²) in [6.45, 7) is 5.09. The molecule has 0 fully saturated rings. The third kappa shape index (κ3) is 6.72. The van der Waals surface area contributed by atoms with E-state index in [1.165, 1.54) is 47.1 Å². The van der Waals surface area contributed by atoms with Crippen LogP contribution in [0.1, 0.15) is 53.5 Å². The second kappa shape index (κ2) is 10.1. The third-order valence-corrected chi connectivity index (χ3v) is 4.30. The highest BCUT2D eigenvalue weighted by Gasteiger charge is 1.97. The second-order valence-electron chi connectivity index (χ2n) is 6.78. The lowest BCUT2D eigenvalue weighted by molar-refractivity contribution is 0.747. The lowest BCUT2D eigenvalue weighted by atomic mass is 10.0. The molecule has 0 heterocycles. The van der Waals surface area contributed by atoms with E-state index in [0.717, 1.165) is 25.8 Å². The van der Waals surface area contributed by atoms with Gasteiger partial charge in [0.1, 0.15) is 0 Å². The van der Waals surface area contributed by atoms with Crippen molar-refractivity contribution < 1.29 is 0 Å². The zero-order valence-electron chi connectivity index (χ0n) is 15.2. The largest absolute Gasteiger partial charge is 0.330 e. The summed E-state index contributed by atoms with van der Waals surface area (Å²) in [5.74, 6) is 0. The number of nitrogens with two attached hydrogens (primary N) is 1. The second-order valence-corrected chi connectivity index (χ2v) is 6.78. The van der Waals surface area contributed by atoms with Gasteiger partial charge in [-0.2, -0.15) is 0 Å². The number of hydrogen-bond acceptors (Lipinski definition) is 1. The van der Waals surface area contributed by atoms with Crippen LogP contribution in [-0.2, 0) is 12.8 Å². The summed E-state index contributed by atoms with van der Waals surface area (Å²) in [4.78, 5) is 0. The Labute approximate surface area is 147 Å². The lowest BCUT2D eigenvalue weighted by Crippen LogP contribution is -2.00. The number of allylic oxidation sites excluding steroid dienone is 1. The fourth-order valence-corrected chi connectivity index (χ4v) is 3.16. The zero-order chi connectivity index (χ0) is 17.2. The van der Waals surface area contributed by atoms with Gasteiger partial charge in [0.05, 0.1) is 0 Å². The predicted octanol–water partition coefficient (Wildman–Crippen LogP) is 5.62. The van der Waals surface area contributed by atoms with Crippen LogP contribution in [0, 0.1) is 13.8 Å². The number of benzene rings is 2. The van der Waals surface area contributed by atoms with Crippen molar-refractivity contribution in [3.63, 3.8) is 0 Å². The minimum Gasteiger partial charge on any atom is -0.330 e. The van der Waals surface area contributed by atoms with Crippen molar-refractivity contribution in [3.05, 3.63) is 76.4 Å². The van der Waals surface area contributed by atoms with Gasteiger partial charge in [0.2, 0.25) is 0 Å². The van der Waals surface area contributed by atoms with Gasteiger partial charge in [-0.25, -0.2) is 0 Å². The van der Waals surface area contributed by atoms with E-state index < -0.39 is 0 Å². The molecule has 24 heavy (non-hydrogen) atoms. The van der Waals surface area contributed by atoms with Gasteiger partial charge in [0, 0.05) is 0 Å². The zero-order valence-corrected chi connectivity index (χ0v) is 15.2. The highest BCUT2D eigenvalue weighted by atomic mass is 14.5. The van der Waals surface area contributed by atoms with E-state index in [9.17, 15) is 0 Å². The molecule has 0 bridgehead atoms. The maximum Gasteiger partial charge on any atom is -0.00741 e. The summed E-state index contributed by atoms with van der Waals surface area (Å²) in [6, 6.07) is 15.7. The maximum absolute atomic E-state index is 5.59. The van der Waals surface area contributed by atoms with E-state index in [0.29, 0.717) is 0 Å². The number of rotatable bonds is 9. The maximum atomic E-state index is 5.59. The Kier molecular flexibility index (Phi) is 7.77.